The van der Waals surface area contributed by atoms with Gasteiger partial charge in [0, 0.05) is 25.9 Å². The maximum atomic E-state index is 12.0. The van der Waals surface area contributed by atoms with Crippen molar-refractivity contribution in [1.29, 1.82) is 0 Å². The predicted molar refractivity (Wildman–Crippen MR) is 73.4 cm³/mol. The summed E-state index contributed by atoms with van der Waals surface area (Å²) in [4.78, 5) is 47.0. The smallest absolute Gasteiger partial charge is 0.324 e. The molecule has 1 aliphatic rings. The molecule has 8 heteroatoms. The van der Waals surface area contributed by atoms with Crippen LogP contribution in [-0.2, 0) is 14.4 Å². The molecule has 1 saturated heterocycles. The Morgan fingerprint density at radius 3 is 2.52 bits per heavy atom. The summed E-state index contributed by atoms with van der Waals surface area (Å²) in [6.45, 7) is 3.90. The molecule has 0 aromatic rings. The number of rotatable bonds is 5. The van der Waals surface area contributed by atoms with Gasteiger partial charge in [0.05, 0.1) is 0 Å². The van der Waals surface area contributed by atoms with Crippen LogP contribution < -0.4 is 10.6 Å². The van der Waals surface area contributed by atoms with Gasteiger partial charge in [-0.3, -0.25) is 19.7 Å². The highest BCUT2D eigenvalue weighted by atomic mass is 16.4. The van der Waals surface area contributed by atoms with Crippen LogP contribution in [0.5, 0.6) is 0 Å². The number of aliphatic carboxylic acids is 1. The molecule has 0 saturated carbocycles. The highest BCUT2D eigenvalue weighted by Crippen LogP contribution is 2.17. The zero-order chi connectivity index (χ0) is 16.0. The van der Waals surface area contributed by atoms with Crippen LogP contribution in [0.1, 0.15) is 39.5 Å². The molecule has 4 amide bonds. The minimum Gasteiger partial charge on any atom is -0.481 e. The fraction of sp³-hybridized carbons (Fsp3) is 0.692. The summed E-state index contributed by atoms with van der Waals surface area (Å²) in [6, 6.07) is -0.599. The molecule has 0 spiro atoms. The zero-order valence-electron chi connectivity index (χ0n) is 12.3. The normalized spacial score (nSPS) is 17.0. The van der Waals surface area contributed by atoms with Crippen molar-refractivity contribution in [3.63, 3.8) is 0 Å². The third-order valence-corrected chi connectivity index (χ3v) is 3.39. The van der Waals surface area contributed by atoms with E-state index in [1.54, 1.807) is 13.8 Å². The second kappa shape index (κ2) is 7.05. The number of imide groups is 1. The van der Waals surface area contributed by atoms with Gasteiger partial charge in [-0.1, -0.05) is 0 Å². The van der Waals surface area contributed by atoms with Crippen LogP contribution in [0.15, 0.2) is 0 Å². The first-order chi connectivity index (χ1) is 9.75. The third kappa shape index (κ3) is 4.73. The highest BCUT2D eigenvalue weighted by Gasteiger charge is 2.40. The first kappa shape index (κ1) is 16.9. The summed E-state index contributed by atoms with van der Waals surface area (Å²) in [5.41, 5.74) is -1.01. The molecule has 0 aliphatic carbocycles. The number of urea groups is 1. The van der Waals surface area contributed by atoms with E-state index in [-0.39, 0.29) is 18.7 Å². The van der Waals surface area contributed by atoms with Crippen LogP contribution in [0, 0.1) is 0 Å². The molecule has 3 N–H and O–H groups in total. The van der Waals surface area contributed by atoms with Crippen molar-refractivity contribution in [1.82, 2.24) is 15.5 Å². The van der Waals surface area contributed by atoms with Gasteiger partial charge in [-0.15, -0.1) is 0 Å². The molecular weight excluding hydrogens is 278 g/mol. The fourth-order valence-corrected chi connectivity index (χ4v) is 2.07. The van der Waals surface area contributed by atoms with E-state index >= 15 is 0 Å². The Bertz CT molecular complexity index is 447. The van der Waals surface area contributed by atoms with Gasteiger partial charge in [0.25, 0.3) is 0 Å². The van der Waals surface area contributed by atoms with E-state index in [9.17, 15) is 19.2 Å². The second-order valence-electron chi connectivity index (χ2n) is 5.42. The monoisotopic (exact) mass is 299 g/mol. The van der Waals surface area contributed by atoms with Crippen LogP contribution in [0.25, 0.3) is 0 Å². The van der Waals surface area contributed by atoms with Crippen molar-refractivity contribution >= 4 is 23.8 Å². The molecule has 0 atom stereocenters. The Balaban J connectivity index is 2.43. The van der Waals surface area contributed by atoms with E-state index in [1.807, 2.05) is 0 Å². The summed E-state index contributed by atoms with van der Waals surface area (Å²) >= 11 is 0. The molecule has 0 unspecified atom stereocenters. The Kier molecular flexibility index (Phi) is 5.69. The van der Waals surface area contributed by atoms with Crippen molar-refractivity contribution in [3.8, 4) is 0 Å². The molecule has 1 heterocycles. The minimum atomic E-state index is -1.01. The molecule has 0 bridgehead atoms. The predicted octanol–water partition coefficient (Wildman–Crippen LogP) is 0.0780. The van der Waals surface area contributed by atoms with Gasteiger partial charge in [0.1, 0.15) is 5.54 Å². The van der Waals surface area contributed by atoms with E-state index in [1.165, 1.54) is 4.90 Å². The maximum absolute atomic E-state index is 12.0. The summed E-state index contributed by atoms with van der Waals surface area (Å²) < 4.78 is 0. The lowest BCUT2D eigenvalue weighted by molar-refractivity contribution is -0.137. The Morgan fingerprint density at radius 1 is 1.29 bits per heavy atom. The number of carbonyl (C=O) groups is 4. The van der Waals surface area contributed by atoms with Gasteiger partial charge >= 0.3 is 12.0 Å². The average molecular weight is 299 g/mol. The number of hydrogen-bond donors (Lipinski definition) is 3. The minimum absolute atomic E-state index is 0.000549. The lowest BCUT2D eigenvalue weighted by Crippen LogP contribution is -2.65. The Hall–Kier alpha value is -2.12. The molecule has 21 heavy (non-hydrogen) atoms. The molecule has 8 nitrogen and oxygen atoms in total. The van der Waals surface area contributed by atoms with Crippen molar-refractivity contribution < 1.29 is 24.3 Å². The lowest BCUT2D eigenvalue weighted by atomic mass is 9.99. The summed E-state index contributed by atoms with van der Waals surface area (Å²) in [6.07, 6.45) is 0.865. The number of carbonyl (C=O) groups excluding carboxylic acids is 3. The van der Waals surface area contributed by atoms with Crippen molar-refractivity contribution in [3.05, 3.63) is 0 Å². The van der Waals surface area contributed by atoms with Crippen molar-refractivity contribution in [2.75, 3.05) is 13.1 Å². The van der Waals surface area contributed by atoms with E-state index in [0.29, 0.717) is 25.9 Å². The Morgan fingerprint density at radius 2 is 1.90 bits per heavy atom. The van der Waals surface area contributed by atoms with Gasteiger partial charge in [0.15, 0.2) is 0 Å². The van der Waals surface area contributed by atoms with E-state index in [2.05, 4.69) is 10.6 Å². The highest BCUT2D eigenvalue weighted by molar-refractivity contribution is 5.98. The largest absolute Gasteiger partial charge is 0.481 e. The van der Waals surface area contributed by atoms with Gasteiger partial charge < -0.3 is 15.3 Å². The van der Waals surface area contributed by atoms with Crippen LogP contribution >= 0.6 is 0 Å². The number of carboxylic acids is 1. The quantitative estimate of drug-likeness (QED) is 0.622. The van der Waals surface area contributed by atoms with Crippen LogP contribution in [0.2, 0.25) is 0 Å². The molecule has 0 aromatic carbocycles. The molecule has 118 valence electrons. The van der Waals surface area contributed by atoms with Gasteiger partial charge in [0.2, 0.25) is 11.8 Å². The molecular formula is C13H21N3O5. The maximum Gasteiger partial charge on any atom is 0.324 e. The number of carboxylic acid groups (broad SMARTS) is 1. The lowest BCUT2D eigenvalue weighted by Gasteiger charge is -2.40. The van der Waals surface area contributed by atoms with E-state index in [4.69, 9.17) is 5.11 Å². The van der Waals surface area contributed by atoms with Crippen molar-refractivity contribution in [2.45, 2.75) is 45.1 Å². The van der Waals surface area contributed by atoms with Gasteiger partial charge in [-0.25, -0.2) is 4.79 Å². The number of hydrogen-bond acceptors (Lipinski definition) is 4. The number of amides is 4. The van der Waals surface area contributed by atoms with E-state index in [0.717, 1.165) is 0 Å². The average Bonchev–Trinajstić information content (AvgIpc) is 2.37. The summed E-state index contributed by atoms with van der Waals surface area (Å²) in [7, 11) is 0. The SMILES string of the molecule is CC1(C)C(=O)NCCN1C(=O)NC(=O)CCCCC(=O)O. The molecule has 0 radical (unpaired) electrons. The Labute approximate surface area is 122 Å². The fourth-order valence-electron chi connectivity index (χ4n) is 2.07. The number of piperazine rings is 1. The second-order valence-corrected chi connectivity index (χ2v) is 5.42. The van der Waals surface area contributed by atoms with E-state index < -0.39 is 23.4 Å². The first-order valence-corrected chi connectivity index (χ1v) is 6.86. The summed E-state index contributed by atoms with van der Waals surface area (Å²) in [5, 5.41) is 13.4. The molecule has 0 aromatic heterocycles. The van der Waals surface area contributed by atoms with Crippen LogP contribution in [-0.4, -0.2) is 52.4 Å². The molecule has 1 aliphatic heterocycles. The third-order valence-electron chi connectivity index (χ3n) is 3.39. The van der Waals surface area contributed by atoms with Crippen LogP contribution in [0.3, 0.4) is 0 Å². The standard InChI is InChI=1S/C13H21N3O5/c1-13(2)11(20)14-7-8-16(13)12(21)15-9(17)5-3-4-6-10(18)19/h3-8H2,1-2H3,(H,14,20)(H,18,19)(H,15,17,21). The molecule has 1 rings (SSSR count). The topological polar surface area (TPSA) is 116 Å². The first-order valence-electron chi connectivity index (χ1n) is 6.86. The zero-order valence-corrected chi connectivity index (χ0v) is 12.3. The van der Waals surface area contributed by atoms with Crippen LogP contribution in [0.4, 0.5) is 4.79 Å². The number of unbranched alkanes of at least 4 members (excludes halogenated alkanes) is 1. The molecule has 1 fully saturated rings. The van der Waals surface area contributed by atoms with Gasteiger partial charge in [-0.05, 0) is 26.7 Å². The number of nitrogens with zero attached hydrogens (tertiary/aromatic N) is 1. The number of nitrogens with one attached hydrogen (secondary N) is 2. The van der Waals surface area contributed by atoms with Crippen molar-refractivity contribution in [2.24, 2.45) is 0 Å². The van der Waals surface area contributed by atoms with Gasteiger partial charge in [-0.2, -0.15) is 0 Å². The summed E-state index contributed by atoms with van der Waals surface area (Å²) in [5.74, 6) is -1.64.